The summed E-state index contributed by atoms with van der Waals surface area (Å²) in [6.45, 7) is 0.268. The van der Waals surface area contributed by atoms with Crippen molar-refractivity contribution in [3.05, 3.63) is 60.2 Å². The summed E-state index contributed by atoms with van der Waals surface area (Å²) >= 11 is 1.56. The molecule has 3 rings (SSSR count). The second kappa shape index (κ2) is 6.63. The molecule has 0 aliphatic carbocycles. The SMILES string of the molecule is Br.O=C(CNc1nc2ccccc2s1)c1ccccc1. The number of nitrogens with one attached hydrogen (secondary N) is 1. The van der Waals surface area contributed by atoms with Gasteiger partial charge in [-0.15, -0.1) is 17.0 Å². The van der Waals surface area contributed by atoms with E-state index in [4.69, 9.17) is 0 Å². The number of carbonyl (C=O) groups is 1. The van der Waals surface area contributed by atoms with Crippen molar-refractivity contribution in [2.45, 2.75) is 0 Å². The van der Waals surface area contributed by atoms with E-state index in [9.17, 15) is 4.79 Å². The zero-order chi connectivity index (χ0) is 13.1. The predicted molar refractivity (Wildman–Crippen MR) is 89.2 cm³/mol. The van der Waals surface area contributed by atoms with Crippen LogP contribution in [0.5, 0.6) is 0 Å². The number of anilines is 1. The number of thiazole rings is 1. The Balaban J connectivity index is 0.00000147. The molecule has 0 radical (unpaired) electrons. The van der Waals surface area contributed by atoms with Crippen molar-refractivity contribution in [3.8, 4) is 0 Å². The van der Waals surface area contributed by atoms with Crippen LogP contribution in [-0.4, -0.2) is 17.3 Å². The second-order valence-electron chi connectivity index (χ2n) is 4.13. The van der Waals surface area contributed by atoms with Gasteiger partial charge in [-0.05, 0) is 12.1 Å². The molecule has 3 aromatic rings. The van der Waals surface area contributed by atoms with Gasteiger partial charge in [-0.1, -0.05) is 53.8 Å². The minimum Gasteiger partial charge on any atom is -0.354 e. The van der Waals surface area contributed by atoms with Gasteiger partial charge in [0.2, 0.25) is 0 Å². The van der Waals surface area contributed by atoms with Gasteiger partial charge in [0.15, 0.2) is 10.9 Å². The number of benzene rings is 2. The first kappa shape index (κ1) is 14.7. The van der Waals surface area contributed by atoms with Crippen LogP contribution in [0.15, 0.2) is 54.6 Å². The Hall–Kier alpha value is -1.72. The van der Waals surface area contributed by atoms with Crippen LogP contribution < -0.4 is 5.32 Å². The minimum absolute atomic E-state index is 0. The molecule has 1 N–H and O–H groups in total. The second-order valence-corrected chi connectivity index (χ2v) is 5.16. The Bertz CT molecular complexity index is 679. The maximum Gasteiger partial charge on any atom is 0.184 e. The lowest BCUT2D eigenvalue weighted by atomic mass is 10.1. The summed E-state index contributed by atoms with van der Waals surface area (Å²) in [5.74, 6) is 0.0693. The molecule has 0 fully saturated rings. The number of ketones is 1. The van der Waals surface area contributed by atoms with Gasteiger partial charge in [-0.25, -0.2) is 4.98 Å². The van der Waals surface area contributed by atoms with Crippen LogP contribution in [0.25, 0.3) is 10.2 Å². The van der Waals surface area contributed by atoms with E-state index < -0.39 is 0 Å². The van der Waals surface area contributed by atoms with Crippen molar-refractivity contribution >= 4 is 49.4 Å². The molecule has 1 aromatic heterocycles. The van der Waals surface area contributed by atoms with Crippen molar-refractivity contribution in [3.63, 3.8) is 0 Å². The molecule has 0 unspecified atom stereocenters. The summed E-state index contributed by atoms with van der Waals surface area (Å²) in [7, 11) is 0. The molecular weight excluding hydrogens is 336 g/mol. The van der Waals surface area contributed by atoms with Gasteiger partial charge in [0.25, 0.3) is 0 Å². The van der Waals surface area contributed by atoms with Crippen molar-refractivity contribution in [1.29, 1.82) is 0 Å². The first-order chi connectivity index (χ1) is 9.33. The summed E-state index contributed by atoms with van der Waals surface area (Å²) < 4.78 is 1.12. The molecule has 0 saturated heterocycles. The maximum atomic E-state index is 11.9. The molecule has 1 heterocycles. The fourth-order valence-electron chi connectivity index (χ4n) is 1.83. The molecule has 5 heteroatoms. The molecule has 20 heavy (non-hydrogen) atoms. The number of halogens is 1. The standard InChI is InChI=1S/C15H12N2OS.BrH/c18-13(11-6-2-1-3-7-11)10-16-15-17-12-8-4-5-9-14(12)19-15;/h1-9H,10H2,(H,16,17);1H. The van der Waals surface area contributed by atoms with E-state index in [1.807, 2.05) is 54.6 Å². The van der Waals surface area contributed by atoms with Gasteiger partial charge < -0.3 is 5.32 Å². The molecular formula is C15H13BrN2OS. The zero-order valence-electron chi connectivity index (χ0n) is 10.6. The van der Waals surface area contributed by atoms with E-state index >= 15 is 0 Å². The van der Waals surface area contributed by atoms with E-state index in [1.54, 1.807) is 11.3 Å². The highest BCUT2D eigenvalue weighted by atomic mass is 79.9. The van der Waals surface area contributed by atoms with Crippen LogP contribution >= 0.6 is 28.3 Å². The molecule has 2 aromatic carbocycles. The Morgan fingerprint density at radius 3 is 2.50 bits per heavy atom. The number of aromatic nitrogens is 1. The Morgan fingerprint density at radius 2 is 1.75 bits per heavy atom. The predicted octanol–water partition coefficient (Wildman–Crippen LogP) is 4.17. The molecule has 3 nitrogen and oxygen atoms in total. The zero-order valence-corrected chi connectivity index (χ0v) is 13.1. The van der Waals surface area contributed by atoms with Gasteiger partial charge in [-0.3, -0.25) is 4.79 Å². The Kier molecular flexibility index (Phi) is 4.87. The lowest BCUT2D eigenvalue weighted by molar-refractivity contribution is 0.101. The Morgan fingerprint density at radius 1 is 1.05 bits per heavy atom. The van der Waals surface area contributed by atoms with Crippen LogP contribution in [0.1, 0.15) is 10.4 Å². The average molecular weight is 349 g/mol. The van der Waals surface area contributed by atoms with Crippen LogP contribution in [0, 0.1) is 0 Å². The van der Waals surface area contributed by atoms with Gasteiger partial charge in [0.05, 0.1) is 16.8 Å². The van der Waals surface area contributed by atoms with Gasteiger partial charge >= 0.3 is 0 Å². The third-order valence-corrected chi connectivity index (χ3v) is 3.78. The number of carbonyl (C=O) groups excluding carboxylic acids is 1. The third kappa shape index (κ3) is 3.23. The van der Waals surface area contributed by atoms with E-state index in [2.05, 4.69) is 10.3 Å². The van der Waals surface area contributed by atoms with Crippen LogP contribution in [0.4, 0.5) is 5.13 Å². The molecule has 0 saturated carbocycles. The van der Waals surface area contributed by atoms with Crippen molar-refractivity contribution < 1.29 is 4.79 Å². The Labute approximate surface area is 131 Å². The maximum absolute atomic E-state index is 11.9. The van der Waals surface area contributed by atoms with Crippen LogP contribution in [0.3, 0.4) is 0 Å². The smallest absolute Gasteiger partial charge is 0.184 e. The number of rotatable bonds is 4. The number of fused-ring (bicyclic) bond motifs is 1. The minimum atomic E-state index is 0. The average Bonchev–Trinajstić information content (AvgIpc) is 2.88. The molecule has 102 valence electrons. The lowest BCUT2D eigenvalue weighted by Gasteiger charge is -2.01. The summed E-state index contributed by atoms with van der Waals surface area (Å²) in [5.41, 5.74) is 1.68. The molecule has 0 aliphatic heterocycles. The van der Waals surface area contributed by atoms with Crippen molar-refractivity contribution in [1.82, 2.24) is 4.98 Å². The fourth-order valence-corrected chi connectivity index (χ4v) is 2.69. The molecule has 0 bridgehead atoms. The summed E-state index contributed by atoms with van der Waals surface area (Å²) in [5, 5.41) is 3.87. The quantitative estimate of drug-likeness (QED) is 0.719. The summed E-state index contributed by atoms with van der Waals surface area (Å²) in [4.78, 5) is 16.4. The van der Waals surface area contributed by atoms with Crippen molar-refractivity contribution in [2.75, 3.05) is 11.9 Å². The summed E-state index contributed by atoms with van der Waals surface area (Å²) in [6, 6.07) is 17.2. The van der Waals surface area contributed by atoms with Gasteiger partial charge in [0, 0.05) is 5.56 Å². The van der Waals surface area contributed by atoms with Gasteiger partial charge in [-0.2, -0.15) is 0 Å². The first-order valence-corrected chi connectivity index (χ1v) is 6.82. The summed E-state index contributed by atoms with van der Waals surface area (Å²) in [6.07, 6.45) is 0. The van der Waals surface area contributed by atoms with E-state index in [0.29, 0.717) is 0 Å². The highest BCUT2D eigenvalue weighted by molar-refractivity contribution is 8.93. The molecule has 0 atom stereocenters. The van der Waals surface area contributed by atoms with Crippen molar-refractivity contribution in [2.24, 2.45) is 0 Å². The molecule has 0 aliphatic rings. The van der Waals surface area contributed by atoms with Crippen LogP contribution in [0.2, 0.25) is 0 Å². The molecule has 0 amide bonds. The number of Topliss-reactive ketones (excluding diaryl/α,β-unsaturated/α-hetero) is 1. The topological polar surface area (TPSA) is 42.0 Å². The number of nitrogens with zero attached hydrogens (tertiary/aromatic N) is 1. The highest BCUT2D eigenvalue weighted by Gasteiger charge is 2.07. The van der Waals surface area contributed by atoms with E-state index in [0.717, 1.165) is 20.9 Å². The van der Waals surface area contributed by atoms with Gasteiger partial charge in [0.1, 0.15) is 0 Å². The number of hydrogen-bond acceptors (Lipinski definition) is 4. The highest BCUT2D eigenvalue weighted by Crippen LogP contribution is 2.25. The van der Waals surface area contributed by atoms with E-state index in [-0.39, 0.29) is 29.3 Å². The molecule has 0 spiro atoms. The normalized spacial score (nSPS) is 10.0. The monoisotopic (exact) mass is 348 g/mol. The third-order valence-electron chi connectivity index (χ3n) is 2.79. The lowest BCUT2D eigenvalue weighted by Crippen LogP contribution is -2.13. The fraction of sp³-hybridized carbons (Fsp3) is 0.0667. The number of para-hydroxylation sites is 1. The largest absolute Gasteiger partial charge is 0.354 e. The first-order valence-electron chi connectivity index (χ1n) is 6.00. The van der Waals surface area contributed by atoms with Crippen LogP contribution in [-0.2, 0) is 0 Å². The number of hydrogen-bond donors (Lipinski definition) is 1. The van der Waals surface area contributed by atoms with E-state index in [1.165, 1.54) is 0 Å².